The first-order valence-electron chi connectivity index (χ1n) is 6.39. The van der Waals surface area contributed by atoms with Crippen molar-refractivity contribution < 1.29 is 4.39 Å². The minimum Gasteiger partial charge on any atom is -0.399 e. The molecule has 1 fully saturated rings. The van der Waals surface area contributed by atoms with Crippen LogP contribution in [0, 0.1) is 11.7 Å². The summed E-state index contributed by atoms with van der Waals surface area (Å²) >= 11 is 0. The Morgan fingerprint density at radius 1 is 1.41 bits per heavy atom. The first kappa shape index (κ1) is 12.2. The van der Waals surface area contributed by atoms with Gasteiger partial charge in [0.1, 0.15) is 5.82 Å². The summed E-state index contributed by atoms with van der Waals surface area (Å²) < 4.78 is 13.9. The molecular weight excluding hydrogens is 215 g/mol. The molecule has 0 atom stereocenters. The highest BCUT2D eigenvalue weighted by molar-refractivity contribution is 5.55. The summed E-state index contributed by atoms with van der Waals surface area (Å²) in [6, 6.07) is 5.54. The Morgan fingerprint density at radius 3 is 2.65 bits per heavy atom. The molecule has 0 unspecified atom stereocenters. The molecule has 1 aromatic carbocycles. The fourth-order valence-electron chi connectivity index (χ4n) is 2.04. The third kappa shape index (κ3) is 3.11. The van der Waals surface area contributed by atoms with Gasteiger partial charge in [-0.05, 0) is 43.4 Å². The van der Waals surface area contributed by atoms with E-state index < -0.39 is 0 Å². The second-order valence-electron chi connectivity index (χ2n) is 5.32. The first-order chi connectivity index (χ1) is 8.08. The Bertz CT molecular complexity index is 386. The fourth-order valence-corrected chi connectivity index (χ4v) is 2.04. The maximum Gasteiger partial charge on any atom is 0.148 e. The Morgan fingerprint density at radius 2 is 2.12 bits per heavy atom. The van der Waals surface area contributed by atoms with Crippen LogP contribution in [0.1, 0.15) is 33.1 Å². The van der Waals surface area contributed by atoms with E-state index in [1.807, 2.05) is 6.07 Å². The van der Waals surface area contributed by atoms with Crippen LogP contribution in [0.2, 0.25) is 0 Å². The van der Waals surface area contributed by atoms with Gasteiger partial charge >= 0.3 is 0 Å². The van der Waals surface area contributed by atoms with Gasteiger partial charge in [0.05, 0.1) is 5.69 Å². The van der Waals surface area contributed by atoms with E-state index in [1.54, 1.807) is 6.07 Å². The molecule has 1 saturated carbocycles. The lowest BCUT2D eigenvalue weighted by Gasteiger charge is -2.26. The molecule has 0 radical (unpaired) electrons. The zero-order chi connectivity index (χ0) is 12.4. The van der Waals surface area contributed by atoms with Crippen molar-refractivity contribution in [2.45, 2.75) is 39.2 Å². The SMILES string of the molecule is CC(C)CCN(c1ccc(N)cc1F)C1CC1. The molecule has 1 aliphatic carbocycles. The number of nitrogens with two attached hydrogens (primary N) is 1. The average molecular weight is 236 g/mol. The lowest BCUT2D eigenvalue weighted by Crippen LogP contribution is -2.28. The van der Waals surface area contributed by atoms with Crippen LogP contribution in [0.5, 0.6) is 0 Å². The smallest absolute Gasteiger partial charge is 0.148 e. The average Bonchev–Trinajstić information content (AvgIpc) is 3.04. The number of rotatable bonds is 5. The molecule has 2 nitrogen and oxygen atoms in total. The lowest BCUT2D eigenvalue weighted by molar-refractivity contribution is 0.559. The Hall–Kier alpha value is -1.25. The number of halogens is 1. The highest BCUT2D eigenvalue weighted by atomic mass is 19.1. The van der Waals surface area contributed by atoms with Crippen LogP contribution in [0.25, 0.3) is 0 Å². The molecule has 1 aliphatic rings. The molecule has 2 N–H and O–H groups in total. The Labute approximate surface area is 103 Å². The van der Waals surface area contributed by atoms with Crippen LogP contribution >= 0.6 is 0 Å². The summed E-state index contributed by atoms with van der Waals surface area (Å²) in [5.74, 6) is 0.453. The van der Waals surface area contributed by atoms with E-state index in [4.69, 9.17) is 5.73 Å². The molecule has 0 amide bonds. The molecule has 94 valence electrons. The van der Waals surface area contributed by atoms with E-state index in [0.29, 0.717) is 23.3 Å². The van der Waals surface area contributed by atoms with Crippen molar-refractivity contribution in [2.75, 3.05) is 17.2 Å². The van der Waals surface area contributed by atoms with Gasteiger partial charge in [0.2, 0.25) is 0 Å². The normalized spacial score (nSPS) is 15.3. The third-order valence-corrected chi connectivity index (χ3v) is 3.22. The molecule has 1 aromatic rings. The molecule has 17 heavy (non-hydrogen) atoms. The second kappa shape index (κ2) is 4.94. The highest BCUT2D eigenvalue weighted by Gasteiger charge is 2.30. The van der Waals surface area contributed by atoms with Crippen molar-refractivity contribution in [3.8, 4) is 0 Å². The molecule has 3 heteroatoms. The highest BCUT2D eigenvalue weighted by Crippen LogP contribution is 2.34. The van der Waals surface area contributed by atoms with E-state index in [1.165, 1.54) is 18.9 Å². The minimum atomic E-state index is -0.194. The van der Waals surface area contributed by atoms with E-state index in [0.717, 1.165) is 13.0 Å². The van der Waals surface area contributed by atoms with Gasteiger partial charge in [0.25, 0.3) is 0 Å². The van der Waals surface area contributed by atoms with E-state index in [9.17, 15) is 4.39 Å². The number of anilines is 2. The Kier molecular flexibility index (Phi) is 3.55. The summed E-state index contributed by atoms with van der Waals surface area (Å²) in [7, 11) is 0. The number of nitrogen functional groups attached to an aromatic ring is 1. The van der Waals surface area contributed by atoms with Crippen LogP contribution in [-0.2, 0) is 0 Å². The van der Waals surface area contributed by atoms with Crippen LogP contribution in [0.4, 0.5) is 15.8 Å². The number of nitrogens with zero attached hydrogens (tertiary/aromatic N) is 1. The molecule has 0 saturated heterocycles. The van der Waals surface area contributed by atoms with Gasteiger partial charge in [-0.15, -0.1) is 0 Å². The number of hydrogen-bond donors (Lipinski definition) is 1. The van der Waals surface area contributed by atoms with E-state index in [2.05, 4.69) is 18.7 Å². The molecule has 0 aliphatic heterocycles. The van der Waals surface area contributed by atoms with Gasteiger partial charge < -0.3 is 10.6 Å². The summed E-state index contributed by atoms with van der Waals surface area (Å²) in [4.78, 5) is 2.20. The van der Waals surface area contributed by atoms with Crippen LogP contribution in [-0.4, -0.2) is 12.6 Å². The van der Waals surface area contributed by atoms with Crippen molar-refractivity contribution >= 4 is 11.4 Å². The van der Waals surface area contributed by atoms with Crippen molar-refractivity contribution in [3.05, 3.63) is 24.0 Å². The molecule has 0 heterocycles. The lowest BCUT2D eigenvalue weighted by atomic mass is 10.1. The largest absolute Gasteiger partial charge is 0.399 e. The van der Waals surface area contributed by atoms with Gasteiger partial charge in [-0.1, -0.05) is 13.8 Å². The van der Waals surface area contributed by atoms with Gasteiger partial charge in [-0.3, -0.25) is 0 Å². The van der Waals surface area contributed by atoms with Crippen LogP contribution in [0.15, 0.2) is 18.2 Å². The van der Waals surface area contributed by atoms with Crippen molar-refractivity contribution in [1.82, 2.24) is 0 Å². The van der Waals surface area contributed by atoms with Crippen molar-refractivity contribution in [2.24, 2.45) is 5.92 Å². The predicted octanol–water partition coefficient (Wildman–Crippen LogP) is 3.42. The summed E-state index contributed by atoms with van der Waals surface area (Å²) in [6.45, 7) is 5.33. The number of benzene rings is 1. The van der Waals surface area contributed by atoms with Crippen LogP contribution < -0.4 is 10.6 Å². The van der Waals surface area contributed by atoms with Gasteiger partial charge in [-0.2, -0.15) is 0 Å². The maximum atomic E-state index is 13.9. The zero-order valence-electron chi connectivity index (χ0n) is 10.6. The van der Waals surface area contributed by atoms with E-state index >= 15 is 0 Å². The summed E-state index contributed by atoms with van der Waals surface area (Å²) in [5.41, 5.74) is 6.79. The molecule has 2 rings (SSSR count). The third-order valence-electron chi connectivity index (χ3n) is 3.22. The quantitative estimate of drug-likeness (QED) is 0.794. The molecular formula is C14H21FN2. The van der Waals surface area contributed by atoms with Crippen molar-refractivity contribution in [1.29, 1.82) is 0 Å². The van der Waals surface area contributed by atoms with Gasteiger partial charge in [0, 0.05) is 18.3 Å². The standard InChI is InChI=1S/C14H21FN2/c1-10(2)7-8-17(12-4-5-12)14-6-3-11(16)9-13(14)15/h3,6,9-10,12H,4-5,7-8,16H2,1-2H3. The molecule has 0 bridgehead atoms. The first-order valence-corrected chi connectivity index (χ1v) is 6.39. The number of hydrogen-bond acceptors (Lipinski definition) is 2. The topological polar surface area (TPSA) is 29.3 Å². The fraction of sp³-hybridized carbons (Fsp3) is 0.571. The summed E-state index contributed by atoms with van der Waals surface area (Å²) in [6.07, 6.45) is 3.46. The Balaban J connectivity index is 2.14. The van der Waals surface area contributed by atoms with Crippen molar-refractivity contribution in [3.63, 3.8) is 0 Å². The molecule has 0 aromatic heterocycles. The van der Waals surface area contributed by atoms with Gasteiger partial charge in [0.15, 0.2) is 0 Å². The second-order valence-corrected chi connectivity index (χ2v) is 5.32. The predicted molar refractivity (Wildman–Crippen MR) is 70.6 cm³/mol. The zero-order valence-corrected chi connectivity index (χ0v) is 10.6. The summed E-state index contributed by atoms with van der Waals surface area (Å²) in [5, 5.41) is 0. The van der Waals surface area contributed by atoms with Crippen LogP contribution in [0.3, 0.4) is 0 Å². The monoisotopic (exact) mass is 236 g/mol. The maximum absolute atomic E-state index is 13.9. The van der Waals surface area contributed by atoms with E-state index in [-0.39, 0.29) is 5.82 Å². The molecule has 0 spiro atoms. The minimum absolute atomic E-state index is 0.194. The van der Waals surface area contributed by atoms with Gasteiger partial charge in [-0.25, -0.2) is 4.39 Å².